The minimum Gasteiger partial charge on any atom is -0.380 e. The number of hydrogen-bond donors (Lipinski definition) is 1. The van der Waals surface area contributed by atoms with Crippen molar-refractivity contribution in [2.24, 2.45) is 0 Å². The predicted molar refractivity (Wildman–Crippen MR) is 76.8 cm³/mol. The normalized spacial score (nSPS) is 14.3. The second-order valence-electron chi connectivity index (χ2n) is 5.02. The van der Waals surface area contributed by atoms with Crippen molar-refractivity contribution in [1.82, 2.24) is 9.88 Å². The SMILES string of the molecule is CN(C)CC[C@](O)(c1ccccc1)c1cccnc1. The summed E-state index contributed by atoms with van der Waals surface area (Å²) >= 11 is 0. The van der Waals surface area contributed by atoms with Crippen LogP contribution in [0.5, 0.6) is 0 Å². The van der Waals surface area contributed by atoms with Gasteiger partial charge >= 0.3 is 0 Å². The molecule has 0 bridgehead atoms. The fourth-order valence-electron chi connectivity index (χ4n) is 2.16. The maximum absolute atomic E-state index is 11.1. The second kappa shape index (κ2) is 5.95. The van der Waals surface area contributed by atoms with Crippen molar-refractivity contribution in [2.75, 3.05) is 20.6 Å². The Morgan fingerprint density at radius 2 is 1.74 bits per heavy atom. The molecule has 1 heterocycles. The lowest BCUT2D eigenvalue weighted by atomic mass is 9.84. The lowest BCUT2D eigenvalue weighted by Gasteiger charge is -2.30. The Labute approximate surface area is 114 Å². The van der Waals surface area contributed by atoms with E-state index in [0.717, 1.165) is 17.7 Å². The number of hydrogen-bond acceptors (Lipinski definition) is 3. The molecule has 1 aromatic heterocycles. The highest BCUT2D eigenvalue weighted by atomic mass is 16.3. The third kappa shape index (κ3) is 3.19. The lowest BCUT2D eigenvalue weighted by molar-refractivity contribution is 0.0626. The van der Waals surface area contributed by atoms with Crippen LogP contribution in [0.1, 0.15) is 17.5 Å². The van der Waals surface area contributed by atoms with Gasteiger partial charge in [-0.1, -0.05) is 36.4 Å². The molecule has 0 saturated carbocycles. The van der Waals surface area contributed by atoms with Gasteiger partial charge in [-0.25, -0.2) is 0 Å². The molecule has 100 valence electrons. The van der Waals surface area contributed by atoms with Gasteiger partial charge in [-0.05, 0) is 32.1 Å². The van der Waals surface area contributed by atoms with Gasteiger partial charge in [0, 0.05) is 24.5 Å². The molecule has 1 aromatic carbocycles. The van der Waals surface area contributed by atoms with Crippen LogP contribution in [0.4, 0.5) is 0 Å². The number of pyridine rings is 1. The van der Waals surface area contributed by atoms with Gasteiger partial charge in [0.2, 0.25) is 0 Å². The molecule has 2 rings (SSSR count). The average Bonchev–Trinajstić information content (AvgIpc) is 2.46. The second-order valence-corrected chi connectivity index (χ2v) is 5.02. The fraction of sp³-hybridized carbons (Fsp3) is 0.312. The summed E-state index contributed by atoms with van der Waals surface area (Å²) < 4.78 is 0. The smallest absolute Gasteiger partial charge is 0.117 e. The first kappa shape index (κ1) is 13.7. The summed E-state index contributed by atoms with van der Waals surface area (Å²) in [7, 11) is 4.02. The van der Waals surface area contributed by atoms with Crippen molar-refractivity contribution in [3.05, 3.63) is 66.0 Å². The highest BCUT2D eigenvalue weighted by molar-refractivity contribution is 5.34. The van der Waals surface area contributed by atoms with E-state index in [1.807, 2.05) is 56.6 Å². The standard InChI is InChI=1S/C16H20N2O/c1-18(2)12-10-16(19,14-7-4-3-5-8-14)15-9-6-11-17-13-15/h3-9,11,13,19H,10,12H2,1-2H3/t16-/m0/s1. The van der Waals surface area contributed by atoms with Crippen molar-refractivity contribution in [1.29, 1.82) is 0 Å². The number of rotatable bonds is 5. The first-order valence-corrected chi connectivity index (χ1v) is 6.46. The maximum atomic E-state index is 11.1. The van der Waals surface area contributed by atoms with Crippen LogP contribution in [-0.4, -0.2) is 35.6 Å². The molecule has 0 saturated heterocycles. The molecule has 0 fully saturated rings. The molecule has 0 unspecified atom stereocenters. The van der Waals surface area contributed by atoms with Crippen molar-refractivity contribution in [2.45, 2.75) is 12.0 Å². The Morgan fingerprint density at radius 1 is 1.05 bits per heavy atom. The first-order valence-electron chi connectivity index (χ1n) is 6.46. The molecule has 0 radical (unpaired) electrons. The summed E-state index contributed by atoms with van der Waals surface area (Å²) in [4.78, 5) is 6.20. The summed E-state index contributed by atoms with van der Waals surface area (Å²) in [6.07, 6.45) is 4.10. The van der Waals surface area contributed by atoms with Gasteiger partial charge in [-0.3, -0.25) is 4.98 Å². The van der Waals surface area contributed by atoms with Crippen LogP contribution in [0.15, 0.2) is 54.9 Å². The van der Waals surface area contributed by atoms with Gasteiger partial charge in [-0.15, -0.1) is 0 Å². The van der Waals surface area contributed by atoms with Gasteiger partial charge in [0.15, 0.2) is 0 Å². The molecular formula is C16H20N2O. The molecule has 0 aliphatic rings. The number of benzene rings is 1. The minimum absolute atomic E-state index is 0.635. The molecule has 1 atom stereocenters. The van der Waals surface area contributed by atoms with Crippen LogP contribution in [0, 0.1) is 0 Å². The van der Waals surface area contributed by atoms with Crippen LogP contribution in [0.2, 0.25) is 0 Å². The molecule has 3 nitrogen and oxygen atoms in total. The van der Waals surface area contributed by atoms with E-state index < -0.39 is 5.60 Å². The summed E-state index contributed by atoms with van der Waals surface area (Å²) in [5, 5.41) is 11.1. The Hall–Kier alpha value is -1.71. The largest absolute Gasteiger partial charge is 0.380 e. The maximum Gasteiger partial charge on any atom is 0.117 e. The van der Waals surface area contributed by atoms with Crippen LogP contribution in [0.25, 0.3) is 0 Å². The molecular weight excluding hydrogens is 236 g/mol. The molecule has 1 N–H and O–H groups in total. The third-order valence-corrected chi connectivity index (χ3v) is 3.31. The molecule has 0 aliphatic carbocycles. The number of nitrogens with zero attached hydrogens (tertiary/aromatic N) is 2. The zero-order valence-corrected chi connectivity index (χ0v) is 11.5. The van der Waals surface area contributed by atoms with Gasteiger partial charge < -0.3 is 10.0 Å². The topological polar surface area (TPSA) is 36.4 Å². The summed E-state index contributed by atoms with van der Waals surface area (Å²) in [5.41, 5.74) is 0.757. The van der Waals surface area contributed by atoms with E-state index in [2.05, 4.69) is 9.88 Å². The number of aromatic nitrogens is 1. The van der Waals surface area contributed by atoms with Crippen molar-refractivity contribution in [3.63, 3.8) is 0 Å². The molecule has 2 aromatic rings. The van der Waals surface area contributed by atoms with Gasteiger partial charge in [-0.2, -0.15) is 0 Å². The third-order valence-electron chi connectivity index (χ3n) is 3.31. The van der Waals surface area contributed by atoms with Gasteiger partial charge in [0.05, 0.1) is 0 Å². The quantitative estimate of drug-likeness (QED) is 0.891. The van der Waals surface area contributed by atoms with E-state index in [-0.39, 0.29) is 0 Å². The van der Waals surface area contributed by atoms with Crippen molar-refractivity contribution in [3.8, 4) is 0 Å². The van der Waals surface area contributed by atoms with E-state index in [4.69, 9.17) is 0 Å². The Balaban J connectivity index is 2.39. The molecule has 0 spiro atoms. The van der Waals surface area contributed by atoms with Crippen LogP contribution in [0.3, 0.4) is 0 Å². The molecule has 0 aliphatic heterocycles. The Morgan fingerprint density at radius 3 is 2.32 bits per heavy atom. The monoisotopic (exact) mass is 256 g/mol. The Kier molecular flexibility index (Phi) is 4.30. The van der Waals surface area contributed by atoms with E-state index in [0.29, 0.717) is 6.42 Å². The zero-order valence-electron chi connectivity index (χ0n) is 11.5. The van der Waals surface area contributed by atoms with E-state index in [1.54, 1.807) is 12.4 Å². The van der Waals surface area contributed by atoms with Gasteiger partial charge in [0.1, 0.15) is 5.60 Å². The van der Waals surface area contributed by atoms with Crippen LogP contribution < -0.4 is 0 Å². The first-order chi connectivity index (χ1) is 9.13. The summed E-state index contributed by atoms with van der Waals surface area (Å²) in [5.74, 6) is 0. The fourth-order valence-corrected chi connectivity index (χ4v) is 2.16. The average molecular weight is 256 g/mol. The van der Waals surface area contributed by atoms with E-state index in [9.17, 15) is 5.11 Å². The molecule has 0 amide bonds. The zero-order chi connectivity index (χ0) is 13.7. The van der Waals surface area contributed by atoms with Crippen LogP contribution >= 0.6 is 0 Å². The summed E-state index contributed by atoms with van der Waals surface area (Å²) in [6.45, 7) is 0.806. The van der Waals surface area contributed by atoms with Crippen LogP contribution in [-0.2, 0) is 5.60 Å². The van der Waals surface area contributed by atoms with Crippen molar-refractivity contribution >= 4 is 0 Å². The van der Waals surface area contributed by atoms with Crippen molar-refractivity contribution < 1.29 is 5.11 Å². The van der Waals surface area contributed by atoms with E-state index in [1.165, 1.54) is 0 Å². The number of aliphatic hydroxyl groups is 1. The van der Waals surface area contributed by atoms with E-state index >= 15 is 0 Å². The highest BCUT2D eigenvalue weighted by Crippen LogP contribution is 2.32. The minimum atomic E-state index is -0.986. The molecule has 19 heavy (non-hydrogen) atoms. The lowest BCUT2D eigenvalue weighted by Crippen LogP contribution is -2.31. The predicted octanol–water partition coefficient (Wildman–Crippen LogP) is 2.27. The molecule has 3 heteroatoms. The Bertz CT molecular complexity index is 457. The van der Waals surface area contributed by atoms with Gasteiger partial charge in [0.25, 0.3) is 0 Å². The highest BCUT2D eigenvalue weighted by Gasteiger charge is 2.31. The summed E-state index contributed by atoms with van der Waals surface area (Å²) in [6, 6.07) is 13.6.